The number of para-hydroxylation sites is 1. The summed E-state index contributed by atoms with van der Waals surface area (Å²) in [5.74, 6) is 1.90. The summed E-state index contributed by atoms with van der Waals surface area (Å²) in [4.78, 5) is 26.7. The minimum Gasteiger partial charge on any atom is -0.339 e. The summed E-state index contributed by atoms with van der Waals surface area (Å²) in [7, 11) is 0. The quantitative estimate of drug-likeness (QED) is 0.177. The van der Waals surface area contributed by atoms with Gasteiger partial charge >= 0.3 is 0 Å². The topological polar surface area (TPSA) is 86.7 Å². The summed E-state index contributed by atoms with van der Waals surface area (Å²) in [5, 5.41) is 5.35. The smallest absolute Gasteiger partial charge is 0.266 e. The minimum atomic E-state index is -0.0590. The van der Waals surface area contributed by atoms with Gasteiger partial charge in [0.2, 0.25) is 11.7 Å². The van der Waals surface area contributed by atoms with Crippen molar-refractivity contribution in [3.05, 3.63) is 94.9 Å². The number of hydrogen-bond acceptors (Lipinski definition) is 7. The Morgan fingerprint density at radius 3 is 2.56 bits per heavy atom. The van der Waals surface area contributed by atoms with Crippen LogP contribution in [0.5, 0.6) is 0 Å². The van der Waals surface area contributed by atoms with Crippen LogP contribution >= 0.6 is 11.8 Å². The van der Waals surface area contributed by atoms with Gasteiger partial charge in [0.05, 0.1) is 16.6 Å². The van der Waals surface area contributed by atoms with Crippen molar-refractivity contribution in [2.75, 3.05) is 5.75 Å². The van der Waals surface area contributed by atoms with E-state index >= 15 is 0 Å². The SMILES string of the molecule is CCc1ccc(-n2c(SCCCc3nc(-c4ccncc4)no3)nc3ccccc3c2=O)cc1. The molecular weight excluding hydrogens is 446 g/mol. The molecule has 8 heteroatoms. The molecule has 5 rings (SSSR count). The van der Waals surface area contributed by atoms with Crippen molar-refractivity contribution in [3.8, 4) is 17.1 Å². The number of nitrogens with zero attached hydrogens (tertiary/aromatic N) is 5. The van der Waals surface area contributed by atoms with E-state index in [1.165, 1.54) is 5.56 Å². The maximum absolute atomic E-state index is 13.4. The molecule has 0 N–H and O–H groups in total. The summed E-state index contributed by atoms with van der Waals surface area (Å²) in [6.07, 6.45) is 5.81. The molecule has 2 aromatic carbocycles. The van der Waals surface area contributed by atoms with Crippen molar-refractivity contribution in [2.24, 2.45) is 0 Å². The highest BCUT2D eigenvalue weighted by atomic mass is 32.2. The van der Waals surface area contributed by atoms with Gasteiger partial charge in [-0.05, 0) is 54.8 Å². The normalized spacial score (nSPS) is 11.2. The molecule has 0 saturated heterocycles. The van der Waals surface area contributed by atoms with Gasteiger partial charge in [-0.15, -0.1) is 0 Å². The number of fused-ring (bicyclic) bond motifs is 1. The molecule has 0 amide bonds. The lowest BCUT2D eigenvalue weighted by molar-refractivity contribution is 0.378. The van der Waals surface area contributed by atoms with Crippen LogP contribution in [0.4, 0.5) is 0 Å². The fourth-order valence-corrected chi connectivity index (χ4v) is 4.63. The Labute approximate surface area is 200 Å². The van der Waals surface area contributed by atoms with Gasteiger partial charge in [-0.3, -0.25) is 14.3 Å². The van der Waals surface area contributed by atoms with E-state index in [0.29, 0.717) is 34.2 Å². The summed E-state index contributed by atoms with van der Waals surface area (Å²) in [5.41, 5.74) is 3.57. The number of aromatic nitrogens is 5. The van der Waals surface area contributed by atoms with Crippen molar-refractivity contribution in [2.45, 2.75) is 31.3 Å². The summed E-state index contributed by atoms with van der Waals surface area (Å²) in [6, 6.07) is 19.3. The second kappa shape index (κ2) is 10.0. The van der Waals surface area contributed by atoms with Crippen molar-refractivity contribution < 1.29 is 4.52 Å². The van der Waals surface area contributed by atoms with Crippen LogP contribution in [0.1, 0.15) is 24.8 Å². The number of rotatable bonds is 8. The van der Waals surface area contributed by atoms with Gasteiger partial charge in [-0.1, -0.05) is 48.1 Å². The highest BCUT2D eigenvalue weighted by Crippen LogP contribution is 2.23. The van der Waals surface area contributed by atoms with Crippen LogP contribution in [0, 0.1) is 0 Å². The molecule has 0 spiro atoms. The Hall–Kier alpha value is -3.78. The summed E-state index contributed by atoms with van der Waals surface area (Å²) >= 11 is 1.56. The molecule has 0 unspecified atom stereocenters. The molecule has 0 aliphatic carbocycles. The summed E-state index contributed by atoms with van der Waals surface area (Å²) in [6.45, 7) is 2.11. The zero-order chi connectivity index (χ0) is 23.3. The van der Waals surface area contributed by atoms with Gasteiger partial charge in [-0.25, -0.2) is 4.98 Å². The lowest BCUT2D eigenvalue weighted by atomic mass is 10.1. The van der Waals surface area contributed by atoms with Gasteiger partial charge in [0.1, 0.15) is 0 Å². The average Bonchev–Trinajstić information content (AvgIpc) is 3.36. The first-order valence-corrected chi connectivity index (χ1v) is 12.2. The fraction of sp³-hybridized carbons (Fsp3) is 0.192. The number of benzene rings is 2. The fourth-order valence-electron chi connectivity index (χ4n) is 3.68. The molecule has 5 aromatic rings. The van der Waals surface area contributed by atoms with Gasteiger partial charge in [0.25, 0.3) is 5.56 Å². The lowest BCUT2D eigenvalue weighted by Crippen LogP contribution is -2.21. The molecule has 0 aliphatic rings. The predicted molar refractivity (Wildman–Crippen MR) is 133 cm³/mol. The third-order valence-electron chi connectivity index (χ3n) is 5.52. The second-order valence-corrected chi connectivity index (χ2v) is 8.83. The van der Waals surface area contributed by atoms with E-state index in [1.807, 2.05) is 48.5 Å². The van der Waals surface area contributed by atoms with Crippen LogP contribution in [0.3, 0.4) is 0 Å². The largest absolute Gasteiger partial charge is 0.339 e. The van der Waals surface area contributed by atoms with Gasteiger partial charge in [0.15, 0.2) is 5.16 Å². The standard InChI is InChI=1S/C26H23N5O2S/c1-2-18-9-11-20(12-10-18)31-25(32)21-6-3-4-7-22(21)28-26(31)34-17-5-8-23-29-24(30-33-23)19-13-15-27-16-14-19/h3-4,6-7,9-16H,2,5,8,17H2,1H3. The molecule has 7 nitrogen and oxygen atoms in total. The molecule has 0 aliphatic heterocycles. The number of thioether (sulfide) groups is 1. The molecular formula is C26H23N5O2S. The minimum absolute atomic E-state index is 0.0590. The molecule has 3 heterocycles. The van der Waals surface area contributed by atoms with Crippen LogP contribution in [-0.2, 0) is 12.8 Å². The lowest BCUT2D eigenvalue weighted by Gasteiger charge is -2.13. The average molecular weight is 470 g/mol. The van der Waals surface area contributed by atoms with E-state index in [-0.39, 0.29) is 5.56 Å². The predicted octanol–water partition coefficient (Wildman–Crippen LogP) is 5.12. The highest BCUT2D eigenvalue weighted by molar-refractivity contribution is 7.99. The molecule has 0 fully saturated rings. The highest BCUT2D eigenvalue weighted by Gasteiger charge is 2.14. The van der Waals surface area contributed by atoms with E-state index in [1.54, 1.807) is 28.7 Å². The maximum Gasteiger partial charge on any atom is 0.266 e. The molecule has 0 bridgehead atoms. The van der Waals surface area contributed by atoms with Crippen LogP contribution in [-0.4, -0.2) is 30.4 Å². The molecule has 0 radical (unpaired) electrons. The number of aryl methyl sites for hydroxylation is 2. The first-order chi connectivity index (χ1) is 16.7. The number of hydrogen-bond donors (Lipinski definition) is 0. The second-order valence-electron chi connectivity index (χ2n) is 7.77. The summed E-state index contributed by atoms with van der Waals surface area (Å²) < 4.78 is 7.11. The van der Waals surface area contributed by atoms with Crippen molar-refractivity contribution >= 4 is 22.7 Å². The molecule has 0 atom stereocenters. The van der Waals surface area contributed by atoms with Crippen LogP contribution in [0.2, 0.25) is 0 Å². The van der Waals surface area contributed by atoms with Crippen LogP contribution < -0.4 is 5.56 Å². The maximum atomic E-state index is 13.4. The Morgan fingerprint density at radius 2 is 1.76 bits per heavy atom. The first-order valence-electron chi connectivity index (χ1n) is 11.2. The third kappa shape index (κ3) is 4.63. The Balaban J connectivity index is 1.35. The van der Waals surface area contributed by atoms with Crippen molar-refractivity contribution in [3.63, 3.8) is 0 Å². The monoisotopic (exact) mass is 469 g/mol. The van der Waals surface area contributed by atoms with Crippen LogP contribution in [0.15, 0.2) is 87.5 Å². The zero-order valence-electron chi connectivity index (χ0n) is 18.7. The first kappa shape index (κ1) is 22.0. The van der Waals surface area contributed by atoms with Crippen molar-refractivity contribution in [1.29, 1.82) is 0 Å². The van der Waals surface area contributed by atoms with E-state index in [2.05, 4.69) is 34.2 Å². The van der Waals surface area contributed by atoms with Crippen molar-refractivity contribution in [1.82, 2.24) is 24.7 Å². The van der Waals surface area contributed by atoms with Gasteiger partial charge in [0, 0.05) is 30.1 Å². The van der Waals surface area contributed by atoms with Gasteiger partial charge in [-0.2, -0.15) is 4.98 Å². The number of pyridine rings is 1. The Kier molecular flexibility index (Phi) is 6.49. The van der Waals surface area contributed by atoms with Gasteiger partial charge < -0.3 is 4.52 Å². The molecule has 3 aromatic heterocycles. The zero-order valence-corrected chi connectivity index (χ0v) is 19.5. The molecule has 0 saturated carbocycles. The van der Waals surface area contributed by atoms with Crippen LogP contribution in [0.25, 0.3) is 28.0 Å². The Morgan fingerprint density at radius 1 is 0.971 bits per heavy atom. The molecule has 170 valence electrons. The molecule has 34 heavy (non-hydrogen) atoms. The van der Waals surface area contributed by atoms with E-state index in [4.69, 9.17) is 9.51 Å². The Bertz CT molecular complexity index is 1460. The van der Waals surface area contributed by atoms with E-state index in [0.717, 1.165) is 29.8 Å². The third-order valence-corrected chi connectivity index (χ3v) is 6.55. The van der Waals surface area contributed by atoms with E-state index < -0.39 is 0 Å². The van der Waals surface area contributed by atoms with E-state index in [9.17, 15) is 4.79 Å².